The molecule has 10 atom stereocenters. The number of azide groups is 2. The summed E-state index contributed by atoms with van der Waals surface area (Å²) in [6, 6.07) is -2.43. The number of hydrogen-bond donors (Lipinski definition) is 3. The van der Waals surface area contributed by atoms with Crippen LogP contribution in [-0.2, 0) is 71.5 Å². The minimum atomic E-state index is -1.46. The van der Waals surface area contributed by atoms with E-state index in [0.717, 1.165) is 34.6 Å². The Hall–Kier alpha value is -5.70. The lowest BCUT2D eigenvalue weighted by atomic mass is 9.75. The van der Waals surface area contributed by atoms with Crippen molar-refractivity contribution in [1.29, 1.82) is 0 Å². The fourth-order valence-electron chi connectivity index (χ4n) is 5.39. The van der Waals surface area contributed by atoms with Crippen LogP contribution in [0.15, 0.2) is 10.2 Å². The summed E-state index contributed by atoms with van der Waals surface area (Å²) in [5.74, 6) is -9.40. The van der Waals surface area contributed by atoms with Crippen LogP contribution in [0.3, 0.4) is 0 Å². The first kappa shape index (κ1) is 44.3. The number of nitrogens with zero attached hydrogens (tertiary/aromatic N) is 6. The SMILES string of the molecule is CC(=O)OC[C@@H]1OC(CC(=O)O)[C@H](CC(=O)O)[C@H](N=[N+]=[N-])[C@H]1CC(=O)O.CC(=O)OC[C@H]1OC(OC(C)=O)[C@H](OC(C)=O)[C@@H](N=[N+]=[N-])[C@H]1OC(C)=O. The molecule has 0 bridgehead atoms. The fourth-order valence-corrected chi connectivity index (χ4v) is 5.39. The average Bonchev–Trinajstić information content (AvgIpc) is 3.00. The van der Waals surface area contributed by atoms with Gasteiger partial charge in [0.2, 0.25) is 6.29 Å². The lowest BCUT2D eigenvalue weighted by molar-refractivity contribution is -0.275. The Balaban J connectivity index is 0.000000520. The molecule has 3 N–H and O–H groups in total. The van der Waals surface area contributed by atoms with E-state index in [1.807, 2.05) is 0 Å². The predicted octanol–water partition coefficient (Wildman–Crippen LogP) is 1.03. The molecule has 52 heavy (non-hydrogen) atoms. The van der Waals surface area contributed by atoms with Crippen molar-refractivity contribution in [2.45, 2.75) is 103 Å². The fraction of sp³-hybridized carbons (Fsp3) is 0.714. The maximum atomic E-state index is 11.4. The third kappa shape index (κ3) is 15.0. The number of carboxylic acid groups (broad SMARTS) is 3. The monoisotopic (exact) mass is 746 g/mol. The van der Waals surface area contributed by atoms with Crippen LogP contribution in [0.25, 0.3) is 20.9 Å². The highest BCUT2D eigenvalue weighted by Crippen LogP contribution is 2.38. The zero-order valence-electron chi connectivity index (χ0n) is 28.5. The number of hydrogen-bond acceptors (Lipinski definition) is 17. The van der Waals surface area contributed by atoms with Crippen LogP contribution < -0.4 is 0 Å². The number of carbonyl (C=O) groups excluding carboxylic acids is 5. The van der Waals surface area contributed by atoms with Gasteiger partial charge in [-0.05, 0) is 11.1 Å². The molecule has 0 radical (unpaired) electrons. The first-order valence-corrected chi connectivity index (χ1v) is 15.1. The Bertz CT molecular complexity index is 1340. The molecule has 24 nitrogen and oxygen atoms in total. The number of rotatable bonds is 15. The minimum absolute atomic E-state index is 0.374. The molecule has 0 saturated carbocycles. The zero-order valence-corrected chi connectivity index (χ0v) is 28.5. The third-order valence-corrected chi connectivity index (χ3v) is 7.15. The second-order valence-corrected chi connectivity index (χ2v) is 11.1. The van der Waals surface area contributed by atoms with Gasteiger partial charge >= 0.3 is 47.8 Å². The number of esters is 5. The van der Waals surface area contributed by atoms with Gasteiger partial charge in [-0.3, -0.25) is 38.4 Å². The normalized spacial score (nSPS) is 27.6. The zero-order chi connectivity index (χ0) is 39.7. The summed E-state index contributed by atoms with van der Waals surface area (Å²) in [5.41, 5.74) is 17.7. The number of carboxylic acids is 3. The summed E-state index contributed by atoms with van der Waals surface area (Å²) >= 11 is 0. The molecular weight excluding hydrogens is 708 g/mol. The van der Waals surface area contributed by atoms with Crippen LogP contribution in [0.1, 0.15) is 53.9 Å². The lowest BCUT2D eigenvalue weighted by Crippen LogP contribution is -2.61. The largest absolute Gasteiger partial charge is 0.481 e. The quantitative estimate of drug-likeness (QED) is 0.0692. The summed E-state index contributed by atoms with van der Waals surface area (Å²) in [4.78, 5) is 95.0. The molecule has 24 heteroatoms. The van der Waals surface area contributed by atoms with Crippen molar-refractivity contribution in [1.82, 2.24) is 0 Å². The molecule has 0 spiro atoms. The van der Waals surface area contributed by atoms with Crippen LogP contribution in [0.4, 0.5) is 0 Å². The molecule has 0 aromatic carbocycles. The summed E-state index contributed by atoms with van der Waals surface area (Å²) in [7, 11) is 0. The van der Waals surface area contributed by atoms with E-state index < -0.39 is 128 Å². The maximum Gasteiger partial charge on any atom is 0.305 e. The van der Waals surface area contributed by atoms with Crippen molar-refractivity contribution in [2.75, 3.05) is 13.2 Å². The van der Waals surface area contributed by atoms with Crippen LogP contribution in [0, 0.1) is 11.8 Å². The van der Waals surface area contributed by atoms with Gasteiger partial charge in [-0.1, -0.05) is 10.2 Å². The molecule has 2 heterocycles. The minimum Gasteiger partial charge on any atom is -0.481 e. The van der Waals surface area contributed by atoms with Crippen molar-refractivity contribution in [3.63, 3.8) is 0 Å². The number of ether oxygens (including phenoxy) is 7. The first-order valence-electron chi connectivity index (χ1n) is 15.1. The van der Waals surface area contributed by atoms with Crippen LogP contribution in [-0.4, -0.2) is 125 Å². The Labute approximate surface area is 293 Å². The van der Waals surface area contributed by atoms with E-state index in [9.17, 15) is 38.4 Å². The van der Waals surface area contributed by atoms with Crippen molar-refractivity contribution >= 4 is 47.8 Å². The summed E-state index contributed by atoms with van der Waals surface area (Å²) in [6.07, 6.45) is -9.10. The molecule has 0 aromatic heterocycles. The van der Waals surface area contributed by atoms with Gasteiger partial charge < -0.3 is 48.5 Å². The van der Waals surface area contributed by atoms with E-state index in [1.54, 1.807) is 0 Å². The van der Waals surface area contributed by atoms with Gasteiger partial charge in [0, 0.05) is 62.3 Å². The van der Waals surface area contributed by atoms with Crippen molar-refractivity contribution < 1.29 is 86.8 Å². The van der Waals surface area contributed by atoms with Crippen molar-refractivity contribution in [3.05, 3.63) is 20.9 Å². The molecule has 2 fully saturated rings. The molecule has 2 saturated heterocycles. The summed E-state index contributed by atoms with van der Waals surface area (Å²) < 4.78 is 35.9. The Kier molecular flexibility index (Phi) is 18.3. The van der Waals surface area contributed by atoms with Gasteiger partial charge in [0.25, 0.3) is 0 Å². The van der Waals surface area contributed by atoms with Gasteiger partial charge in [-0.15, -0.1) is 0 Å². The van der Waals surface area contributed by atoms with E-state index in [0.29, 0.717) is 0 Å². The van der Waals surface area contributed by atoms with E-state index >= 15 is 0 Å². The molecule has 2 unspecified atom stereocenters. The second kappa shape index (κ2) is 21.5. The average molecular weight is 747 g/mol. The summed E-state index contributed by atoms with van der Waals surface area (Å²) in [5, 5.41) is 34.3. The van der Waals surface area contributed by atoms with E-state index in [1.165, 1.54) is 0 Å². The van der Waals surface area contributed by atoms with Gasteiger partial charge in [0.15, 0.2) is 6.10 Å². The predicted molar refractivity (Wildman–Crippen MR) is 163 cm³/mol. The molecule has 0 aromatic rings. The summed E-state index contributed by atoms with van der Waals surface area (Å²) in [6.45, 7) is 4.81. The van der Waals surface area contributed by atoms with Gasteiger partial charge in [-0.25, -0.2) is 0 Å². The number of carbonyl (C=O) groups is 8. The molecule has 2 rings (SSSR count). The third-order valence-electron chi connectivity index (χ3n) is 7.15. The Morgan fingerprint density at radius 1 is 0.558 bits per heavy atom. The molecule has 2 aliphatic rings. The highest BCUT2D eigenvalue weighted by atomic mass is 16.7. The van der Waals surface area contributed by atoms with Gasteiger partial charge in [0.05, 0.1) is 31.5 Å². The lowest BCUT2D eigenvalue weighted by Gasteiger charge is -2.44. The molecular formula is C28H38N6O18. The van der Waals surface area contributed by atoms with Crippen LogP contribution in [0.2, 0.25) is 0 Å². The molecule has 2 aliphatic heterocycles. The van der Waals surface area contributed by atoms with E-state index in [-0.39, 0.29) is 13.2 Å². The van der Waals surface area contributed by atoms with E-state index in [2.05, 4.69) is 20.1 Å². The highest BCUT2D eigenvalue weighted by molar-refractivity contribution is 5.70. The second-order valence-electron chi connectivity index (χ2n) is 11.1. The maximum absolute atomic E-state index is 11.4. The van der Waals surface area contributed by atoms with Crippen molar-refractivity contribution in [2.24, 2.45) is 22.1 Å². The molecule has 0 amide bonds. The topological polar surface area (TPSA) is 359 Å². The first-order chi connectivity index (χ1) is 24.3. The van der Waals surface area contributed by atoms with Gasteiger partial charge in [-0.2, -0.15) is 0 Å². The molecule has 0 aliphatic carbocycles. The molecule has 288 valence electrons. The van der Waals surface area contributed by atoms with Crippen molar-refractivity contribution in [3.8, 4) is 0 Å². The standard InChI is InChI=1S/2C14H19N3O9/c1-6(18)22-5-10-12(23-7(2)19)11(16-17-15)13(24-8(3)20)14(26-10)25-9(4)21;1-6(18)25-5-10-8(3-12(21)22)14(16-17-15)7(2-11(19)20)9(26-10)4-13(23)24/h10-14H,5H2,1-4H3;7-10,14H,2-5H2,1H3,(H,19,20)(H,21,22)(H,23,24)/t10-,11+,12+,13-,14?;7-,8-,9?,10-,14-/m10/s1. The Morgan fingerprint density at radius 2 is 0.981 bits per heavy atom. The van der Waals surface area contributed by atoms with Gasteiger partial charge in [0.1, 0.15) is 31.5 Å². The smallest absolute Gasteiger partial charge is 0.305 e. The number of aliphatic carboxylic acids is 3. The van der Waals surface area contributed by atoms with E-state index in [4.69, 9.17) is 59.5 Å². The highest BCUT2D eigenvalue weighted by Gasteiger charge is 2.51. The Morgan fingerprint density at radius 3 is 1.40 bits per heavy atom. The van der Waals surface area contributed by atoms with Crippen LogP contribution >= 0.6 is 0 Å². The van der Waals surface area contributed by atoms with Crippen LogP contribution in [0.5, 0.6) is 0 Å².